The van der Waals surface area contributed by atoms with E-state index >= 15 is 0 Å². The number of aromatic nitrogens is 1. The Morgan fingerprint density at radius 1 is 1.18 bits per heavy atom. The number of anilines is 2. The minimum absolute atomic E-state index is 0.935. The van der Waals surface area contributed by atoms with Crippen molar-refractivity contribution in [2.75, 3.05) is 11.9 Å². The van der Waals surface area contributed by atoms with E-state index in [-0.39, 0.29) is 0 Å². The van der Waals surface area contributed by atoms with Gasteiger partial charge in [-0.2, -0.15) is 0 Å². The fourth-order valence-electron chi connectivity index (χ4n) is 1.83. The van der Waals surface area contributed by atoms with E-state index in [1.54, 1.807) is 0 Å². The SMILES string of the molecule is Cc1cnc(N(C)c2ccccc2C)c(Br)c1. The molecule has 2 rings (SSSR count). The molecule has 0 fully saturated rings. The van der Waals surface area contributed by atoms with Crippen molar-refractivity contribution in [1.29, 1.82) is 0 Å². The van der Waals surface area contributed by atoms with Crippen molar-refractivity contribution in [3.63, 3.8) is 0 Å². The number of rotatable bonds is 2. The topological polar surface area (TPSA) is 16.1 Å². The van der Waals surface area contributed by atoms with Crippen molar-refractivity contribution in [3.05, 3.63) is 52.1 Å². The molecule has 2 nitrogen and oxygen atoms in total. The minimum atomic E-state index is 0.935. The summed E-state index contributed by atoms with van der Waals surface area (Å²) in [7, 11) is 2.03. The number of nitrogens with zero attached hydrogens (tertiary/aromatic N) is 2. The van der Waals surface area contributed by atoms with E-state index in [9.17, 15) is 0 Å². The third-order valence-corrected chi connectivity index (χ3v) is 3.34. The lowest BCUT2D eigenvalue weighted by Gasteiger charge is -2.21. The lowest BCUT2D eigenvalue weighted by molar-refractivity contribution is 1.09. The highest BCUT2D eigenvalue weighted by Gasteiger charge is 2.10. The number of hydrogen-bond donors (Lipinski definition) is 0. The molecular formula is C14H15BrN2. The van der Waals surface area contributed by atoms with Crippen LogP contribution in [0.2, 0.25) is 0 Å². The maximum Gasteiger partial charge on any atom is 0.147 e. The lowest BCUT2D eigenvalue weighted by atomic mass is 10.2. The number of aryl methyl sites for hydroxylation is 2. The predicted octanol–water partition coefficient (Wildman–Crippen LogP) is 4.23. The van der Waals surface area contributed by atoms with Gasteiger partial charge in [-0.3, -0.25) is 0 Å². The van der Waals surface area contributed by atoms with Gasteiger partial charge in [0.25, 0.3) is 0 Å². The zero-order chi connectivity index (χ0) is 12.4. The summed E-state index contributed by atoms with van der Waals surface area (Å²) in [5.41, 5.74) is 3.56. The van der Waals surface area contributed by atoms with Gasteiger partial charge < -0.3 is 4.90 Å². The Hall–Kier alpha value is -1.35. The summed E-state index contributed by atoms with van der Waals surface area (Å²) in [5.74, 6) is 0.935. The highest BCUT2D eigenvalue weighted by molar-refractivity contribution is 9.10. The van der Waals surface area contributed by atoms with Gasteiger partial charge in [0.1, 0.15) is 5.82 Å². The first-order valence-corrected chi connectivity index (χ1v) is 6.30. The van der Waals surface area contributed by atoms with E-state index in [0.29, 0.717) is 0 Å². The van der Waals surface area contributed by atoms with E-state index < -0.39 is 0 Å². The Morgan fingerprint density at radius 3 is 2.53 bits per heavy atom. The fourth-order valence-corrected chi connectivity index (χ4v) is 2.56. The number of benzene rings is 1. The third kappa shape index (κ3) is 2.50. The number of halogens is 1. The van der Waals surface area contributed by atoms with Crippen LogP contribution in [0.1, 0.15) is 11.1 Å². The van der Waals surface area contributed by atoms with Crippen LogP contribution in [0.3, 0.4) is 0 Å². The summed E-state index contributed by atoms with van der Waals surface area (Å²) in [6, 6.07) is 10.4. The Balaban J connectivity index is 2.44. The molecule has 0 N–H and O–H groups in total. The molecule has 0 unspecified atom stereocenters. The van der Waals surface area contributed by atoms with Crippen molar-refractivity contribution < 1.29 is 0 Å². The number of pyridine rings is 1. The van der Waals surface area contributed by atoms with Gasteiger partial charge in [0, 0.05) is 18.9 Å². The van der Waals surface area contributed by atoms with E-state index in [4.69, 9.17) is 0 Å². The van der Waals surface area contributed by atoms with Gasteiger partial charge >= 0.3 is 0 Å². The van der Waals surface area contributed by atoms with Crippen LogP contribution in [0.5, 0.6) is 0 Å². The molecule has 0 aliphatic carbocycles. The van der Waals surface area contributed by atoms with Gasteiger partial charge in [0.2, 0.25) is 0 Å². The van der Waals surface area contributed by atoms with Crippen molar-refractivity contribution in [1.82, 2.24) is 4.98 Å². The molecule has 3 heteroatoms. The third-order valence-electron chi connectivity index (χ3n) is 2.75. The second kappa shape index (κ2) is 4.88. The second-order valence-corrected chi connectivity index (χ2v) is 5.02. The molecule has 1 heterocycles. The highest BCUT2D eigenvalue weighted by Crippen LogP contribution is 2.30. The molecule has 0 saturated carbocycles. The Kier molecular flexibility index (Phi) is 3.48. The zero-order valence-electron chi connectivity index (χ0n) is 10.2. The first kappa shape index (κ1) is 12.1. The van der Waals surface area contributed by atoms with Gasteiger partial charge in [-0.25, -0.2) is 4.98 Å². The standard InChI is InChI=1S/C14H15BrN2/c1-10-8-12(15)14(16-9-10)17(3)13-7-5-4-6-11(13)2/h4-9H,1-3H3. The van der Waals surface area contributed by atoms with Gasteiger partial charge in [-0.15, -0.1) is 0 Å². The molecule has 0 aliphatic rings. The first-order chi connectivity index (χ1) is 8.09. The molecule has 1 aromatic carbocycles. The molecule has 17 heavy (non-hydrogen) atoms. The first-order valence-electron chi connectivity index (χ1n) is 5.51. The zero-order valence-corrected chi connectivity index (χ0v) is 11.8. The summed E-state index contributed by atoms with van der Waals surface area (Å²) in [6.07, 6.45) is 1.88. The van der Waals surface area contributed by atoms with Gasteiger partial charge in [-0.1, -0.05) is 18.2 Å². The maximum atomic E-state index is 4.47. The van der Waals surface area contributed by atoms with Crippen LogP contribution < -0.4 is 4.90 Å². The van der Waals surface area contributed by atoms with Crippen molar-refractivity contribution in [2.45, 2.75) is 13.8 Å². The normalized spacial score (nSPS) is 10.4. The average Bonchev–Trinajstić information content (AvgIpc) is 2.29. The van der Waals surface area contributed by atoms with E-state index in [1.165, 1.54) is 11.3 Å². The van der Waals surface area contributed by atoms with Gasteiger partial charge in [0.05, 0.1) is 4.47 Å². The monoisotopic (exact) mass is 290 g/mol. The van der Waals surface area contributed by atoms with Crippen LogP contribution in [0, 0.1) is 13.8 Å². The smallest absolute Gasteiger partial charge is 0.147 e. The summed E-state index contributed by atoms with van der Waals surface area (Å²) < 4.78 is 1.02. The van der Waals surface area contributed by atoms with E-state index in [1.807, 2.05) is 32.3 Å². The molecule has 0 spiro atoms. The Labute approximate surface area is 110 Å². The van der Waals surface area contributed by atoms with Crippen molar-refractivity contribution >= 4 is 27.4 Å². The van der Waals surface area contributed by atoms with Gasteiger partial charge in [0.15, 0.2) is 0 Å². The minimum Gasteiger partial charge on any atom is -0.328 e. The maximum absolute atomic E-state index is 4.47. The molecule has 0 atom stereocenters. The van der Waals surface area contributed by atoms with E-state index in [2.05, 4.69) is 50.9 Å². The summed E-state index contributed by atoms with van der Waals surface area (Å²) in [6.45, 7) is 4.14. The van der Waals surface area contributed by atoms with Crippen molar-refractivity contribution in [2.24, 2.45) is 0 Å². The summed E-state index contributed by atoms with van der Waals surface area (Å²) in [4.78, 5) is 6.57. The molecule has 0 bridgehead atoms. The summed E-state index contributed by atoms with van der Waals surface area (Å²) >= 11 is 3.57. The number of hydrogen-bond acceptors (Lipinski definition) is 2. The van der Waals surface area contributed by atoms with Crippen LogP contribution in [0.4, 0.5) is 11.5 Å². The van der Waals surface area contributed by atoms with Crippen molar-refractivity contribution in [3.8, 4) is 0 Å². The van der Waals surface area contributed by atoms with Crippen LogP contribution in [0.15, 0.2) is 41.0 Å². The highest BCUT2D eigenvalue weighted by atomic mass is 79.9. The molecule has 1 aromatic heterocycles. The fraction of sp³-hybridized carbons (Fsp3) is 0.214. The van der Waals surface area contributed by atoms with Crippen LogP contribution >= 0.6 is 15.9 Å². The van der Waals surface area contributed by atoms with Crippen LogP contribution in [-0.4, -0.2) is 12.0 Å². The van der Waals surface area contributed by atoms with Crippen LogP contribution in [0.25, 0.3) is 0 Å². The van der Waals surface area contributed by atoms with Crippen LogP contribution in [-0.2, 0) is 0 Å². The van der Waals surface area contributed by atoms with E-state index in [0.717, 1.165) is 15.9 Å². The molecule has 0 amide bonds. The molecule has 2 aromatic rings. The second-order valence-electron chi connectivity index (χ2n) is 4.16. The Bertz CT molecular complexity index is 537. The molecule has 0 saturated heterocycles. The predicted molar refractivity (Wildman–Crippen MR) is 75.9 cm³/mol. The average molecular weight is 291 g/mol. The molecular weight excluding hydrogens is 276 g/mol. The van der Waals surface area contributed by atoms with Gasteiger partial charge in [-0.05, 0) is 53.0 Å². The summed E-state index contributed by atoms with van der Waals surface area (Å²) in [5, 5.41) is 0. The Morgan fingerprint density at radius 2 is 1.88 bits per heavy atom. The lowest BCUT2D eigenvalue weighted by Crippen LogP contribution is -2.13. The molecule has 0 aliphatic heterocycles. The molecule has 0 radical (unpaired) electrons. The quantitative estimate of drug-likeness (QED) is 0.823. The molecule has 88 valence electrons. The largest absolute Gasteiger partial charge is 0.328 e. The number of para-hydroxylation sites is 1.